The average molecular weight is 315 g/mol. The highest BCUT2D eigenvalue weighted by Gasteiger charge is 2.29. The van der Waals surface area contributed by atoms with Gasteiger partial charge in [0, 0.05) is 31.3 Å². The van der Waals surface area contributed by atoms with E-state index in [1.807, 2.05) is 30.3 Å². The Morgan fingerprint density at radius 3 is 2.74 bits per heavy atom. The quantitative estimate of drug-likeness (QED) is 0.934. The average Bonchev–Trinajstić information content (AvgIpc) is 2.90. The maximum atomic E-state index is 12.2. The highest BCUT2D eigenvalue weighted by molar-refractivity contribution is 5.87. The molecular formula is C16H17N3O4. The van der Waals surface area contributed by atoms with E-state index in [0.29, 0.717) is 18.5 Å². The lowest BCUT2D eigenvalue weighted by molar-refractivity contribution is 0.0682. The molecule has 1 amide bonds. The molecule has 0 spiro atoms. The molecule has 1 aromatic heterocycles. The van der Waals surface area contributed by atoms with Gasteiger partial charge in [-0.2, -0.15) is 5.10 Å². The monoisotopic (exact) mass is 315 g/mol. The maximum absolute atomic E-state index is 12.2. The van der Waals surface area contributed by atoms with Crippen LogP contribution in [0.25, 0.3) is 0 Å². The molecule has 7 nitrogen and oxygen atoms in total. The summed E-state index contributed by atoms with van der Waals surface area (Å²) in [4.78, 5) is 25.0. The van der Waals surface area contributed by atoms with Crippen molar-refractivity contribution in [3.63, 3.8) is 0 Å². The van der Waals surface area contributed by atoms with Gasteiger partial charge in [0.05, 0.1) is 6.54 Å². The summed E-state index contributed by atoms with van der Waals surface area (Å²) in [6, 6.07) is 9.42. The van der Waals surface area contributed by atoms with Crippen LogP contribution < -0.4 is 0 Å². The van der Waals surface area contributed by atoms with Gasteiger partial charge in [0.25, 0.3) is 0 Å². The number of aromatic carboxylic acids is 1. The minimum atomic E-state index is -1.08. The third-order valence-electron chi connectivity index (χ3n) is 3.91. The molecule has 3 rings (SSSR count). The van der Waals surface area contributed by atoms with Crippen LogP contribution in [0.2, 0.25) is 0 Å². The van der Waals surface area contributed by atoms with E-state index in [2.05, 4.69) is 5.10 Å². The number of rotatable bonds is 3. The number of carbonyl (C=O) groups is 2. The molecule has 120 valence electrons. The third-order valence-corrected chi connectivity index (χ3v) is 3.91. The third kappa shape index (κ3) is 3.03. The normalized spacial score (nSPS) is 13.5. The highest BCUT2D eigenvalue weighted by atomic mass is 16.6. The molecule has 0 bridgehead atoms. The van der Waals surface area contributed by atoms with Crippen molar-refractivity contribution in [2.75, 3.05) is 6.54 Å². The highest BCUT2D eigenvalue weighted by Crippen LogP contribution is 2.22. The van der Waals surface area contributed by atoms with Crippen LogP contribution in [0.4, 0.5) is 4.79 Å². The van der Waals surface area contributed by atoms with E-state index in [1.54, 1.807) is 11.7 Å². The molecule has 0 radical (unpaired) electrons. The van der Waals surface area contributed by atoms with E-state index in [9.17, 15) is 14.7 Å². The number of hydrogen-bond donors (Lipinski definition) is 1. The van der Waals surface area contributed by atoms with Crippen LogP contribution in [0.5, 0.6) is 0 Å². The van der Waals surface area contributed by atoms with Crippen molar-refractivity contribution in [2.45, 2.75) is 19.6 Å². The van der Waals surface area contributed by atoms with Gasteiger partial charge in [-0.3, -0.25) is 4.68 Å². The summed E-state index contributed by atoms with van der Waals surface area (Å²) in [5.74, 6) is -1.08. The summed E-state index contributed by atoms with van der Waals surface area (Å²) in [5, 5.41) is 13.2. The molecule has 0 fully saturated rings. The Bertz CT molecular complexity index is 739. The maximum Gasteiger partial charge on any atom is 0.410 e. The molecule has 0 atom stereocenters. The van der Waals surface area contributed by atoms with E-state index in [1.165, 1.54) is 4.90 Å². The molecule has 1 N–H and O–H groups in total. The number of nitrogens with zero attached hydrogens (tertiary/aromatic N) is 3. The number of carbonyl (C=O) groups excluding carboxylic acids is 1. The Hall–Kier alpha value is -2.83. The van der Waals surface area contributed by atoms with Crippen LogP contribution in [-0.2, 0) is 31.4 Å². The first-order valence-corrected chi connectivity index (χ1v) is 7.30. The number of carboxylic acids is 1. The number of amides is 1. The van der Waals surface area contributed by atoms with Gasteiger partial charge in [-0.1, -0.05) is 30.3 Å². The number of hydrogen-bond acceptors (Lipinski definition) is 4. The fourth-order valence-electron chi connectivity index (χ4n) is 2.73. The molecule has 1 aliphatic heterocycles. The van der Waals surface area contributed by atoms with Crippen molar-refractivity contribution in [3.8, 4) is 0 Å². The second kappa shape index (κ2) is 6.12. The lowest BCUT2D eigenvalue weighted by Gasteiger charge is -2.26. The van der Waals surface area contributed by atoms with Crippen LogP contribution in [0.1, 0.15) is 27.3 Å². The van der Waals surface area contributed by atoms with Gasteiger partial charge in [-0.15, -0.1) is 0 Å². The van der Waals surface area contributed by atoms with Gasteiger partial charge >= 0.3 is 12.1 Å². The predicted molar refractivity (Wildman–Crippen MR) is 80.9 cm³/mol. The summed E-state index contributed by atoms with van der Waals surface area (Å²) in [5.41, 5.74) is 2.35. The van der Waals surface area contributed by atoms with E-state index in [-0.39, 0.29) is 18.8 Å². The zero-order chi connectivity index (χ0) is 16.4. The van der Waals surface area contributed by atoms with Crippen molar-refractivity contribution >= 4 is 12.1 Å². The zero-order valence-electron chi connectivity index (χ0n) is 12.7. The fraction of sp³-hybridized carbons (Fsp3) is 0.312. The van der Waals surface area contributed by atoms with Gasteiger partial charge in [0.1, 0.15) is 6.61 Å². The van der Waals surface area contributed by atoms with Crippen LogP contribution in [0.15, 0.2) is 30.3 Å². The van der Waals surface area contributed by atoms with Crippen molar-refractivity contribution in [2.24, 2.45) is 7.05 Å². The molecule has 7 heteroatoms. The van der Waals surface area contributed by atoms with Crippen LogP contribution in [0.3, 0.4) is 0 Å². The van der Waals surface area contributed by atoms with Gasteiger partial charge in [-0.25, -0.2) is 9.59 Å². The van der Waals surface area contributed by atoms with Crippen LogP contribution in [0, 0.1) is 0 Å². The molecule has 0 saturated carbocycles. The zero-order valence-corrected chi connectivity index (χ0v) is 12.7. The number of ether oxygens (including phenoxy) is 1. The number of benzene rings is 1. The molecule has 2 heterocycles. The number of carboxylic acid groups (broad SMARTS) is 1. The Morgan fingerprint density at radius 2 is 2.04 bits per heavy atom. The summed E-state index contributed by atoms with van der Waals surface area (Å²) >= 11 is 0. The summed E-state index contributed by atoms with van der Waals surface area (Å²) in [6.45, 7) is 0.888. The summed E-state index contributed by atoms with van der Waals surface area (Å²) in [6.07, 6.45) is 0.117. The Morgan fingerprint density at radius 1 is 1.30 bits per heavy atom. The second-order valence-electron chi connectivity index (χ2n) is 5.41. The largest absolute Gasteiger partial charge is 0.476 e. The van der Waals surface area contributed by atoms with Crippen LogP contribution >= 0.6 is 0 Å². The Kier molecular flexibility index (Phi) is 4.01. The standard InChI is InChI=1S/C16H17N3O4/c1-18-13-7-8-19(9-12(13)14(17-18)15(20)21)16(22)23-10-11-5-3-2-4-6-11/h2-6H,7-10H2,1H3,(H,20,21). The molecule has 0 unspecified atom stereocenters. The van der Waals surface area contributed by atoms with Crippen LogP contribution in [-0.4, -0.2) is 38.4 Å². The Balaban J connectivity index is 1.69. The van der Waals surface area contributed by atoms with Gasteiger partial charge in [0.15, 0.2) is 5.69 Å². The SMILES string of the molecule is Cn1nc(C(=O)O)c2c1CCN(C(=O)OCc1ccccc1)C2. The first kappa shape index (κ1) is 15.1. The molecule has 23 heavy (non-hydrogen) atoms. The predicted octanol–water partition coefficient (Wildman–Crippen LogP) is 1.81. The summed E-state index contributed by atoms with van der Waals surface area (Å²) in [7, 11) is 1.72. The molecule has 1 aromatic carbocycles. The van der Waals surface area contributed by atoms with Crippen molar-refractivity contribution in [3.05, 3.63) is 52.8 Å². The minimum Gasteiger partial charge on any atom is -0.476 e. The number of fused-ring (bicyclic) bond motifs is 1. The molecule has 0 aliphatic carbocycles. The first-order valence-electron chi connectivity index (χ1n) is 7.30. The molecule has 1 aliphatic rings. The van der Waals surface area contributed by atoms with Crippen molar-refractivity contribution in [1.29, 1.82) is 0 Å². The Labute approximate surface area is 133 Å². The lowest BCUT2D eigenvalue weighted by Crippen LogP contribution is -2.37. The van der Waals surface area contributed by atoms with Crippen molar-refractivity contribution < 1.29 is 19.4 Å². The second-order valence-corrected chi connectivity index (χ2v) is 5.41. The van der Waals surface area contributed by atoms with E-state index >= 15 is 0 Å². The van der Waals surface area contributed by atoms with E-state index in [4.69, 9.17) is 4.74 Å². The van der Waals surface area contributed by atoms with Gasteiger partial charge in [0.2, 0.25) is 0 Å². The smallest absolute Gasteiger partial charge is 0.410 e. The molecular weight excluding hydrogens is 298 g/mol. The van der Waals surface area contributed by atoms with E-state index in [0.717, 1.165) is 11.3 Å². The molecule has 0 saturated heterocycles. The fourth-order valence-corrected chi connectivity index (χ4v) is 2.73. The van der Waals surface area contributed by atoms with Gasteiger partial charge < -0.3 is 14.7 Å². The number of aromatic nitrogens is 2. The minimum absolute atomic E-state index is 0.00283. The molecule has 2 aromatic rings. The lowest BCUT2D eigenvalue weighted by atomic mass is 10.1. The van der Waals surface area contributed by atoms with Crippen molar-refractivity contribution in [1.82, 2.24) is 14.7 Å². The van der Waals surface area contributed by atoms with E-state index < -0.39 is 12.1 Å². The van der Waals surface area contributed by atoms with Gasteiger partial charge in [-0.05, 0) is 5.56 Å². The topological polar surface area (TPSA) is 84.7 Å². The summed E-state index contributed by atoms with van der Waals surface area (Å²) < 4.78 is 6.88. The first-order chi connectivity index (χ1) is 11.1. The number of aryl methyl sites for hydroxylation is 1.